The number of benzene rings is 1. The molecule has 0 spiro atoms. The van der Waals surface area contributed by atoms with Crippen molar-refractivity contribution in [1.82, 2.24) is 19.4 Å². The number of aromatic nitrogens is 3. The standard InChI is InChI=1S/C21H21F3N6O2/c1-14-12-26-19(31)30(14)17-5-3-2-4-16(17)27-20(32)29-10-8-28(9-11-29)18-7-6-15(13-25-18)21(22,23)24/h2-7,12-13H,8-11H2,1H3,(H,26,31)(H,27,32). The molecule has 1 aliphatic heterocycles. The molecule has 3 aromatic rings. The van der Waals surface area contributed by atoms with E-state index in [2.05, 4.69) is 15.3 Å². The number of anilines is 2. The van der Waals surface area contributed by atoms with Gasteiger partial charge in [-0.2, -0.15) is 13.2 Å². The number of hydrogen-bond acceptors (Lipinski definition) is 4. The molecule has 1 fully saturated rings. The minimum absolute atomic E-state index is 0.304. The van der Waals surface area contributed by atoms with Gasteiger partial charge in [0, 0.05) is 44.3 Å². The average molecular weight is 446 g/mol. The fraction of sp³-hybridized carbons (Fsp3) is 0.286. The van der Waals surface area contributed by atoms with Crippen LogP contribution in [0.25, 0.3) is 5.69 Å². The van der Waals surface area contributed by atoms with Crippen LogP contribution in [-0.2, 0) is 6.18 Å². The van der Waals surface area contributed by atoms with E-state index in [1.54, 1.807) is 42.3 Å². The van der Waals surface area contributed by atoms with Crippen LogP contribution in [0.4, 0.5) is 29.5 Å². The van der Waals surface area contributed by atoms with Crippen LogP contribution in [0.2, 0.25) is 0 Å². The fourth-order valence-electron chi connectivity index (χ4n) is 3.60. The van der Waals surface area contributed by atoms with Crippen LogP contribution in [0.5, 0.6) is 0 Å². The van der Waals surface area contributed by atoms with E-state index in [0.717, 1.165) is 12.3 Å². The molecule has 0 atom stereocenters. The molecule has 1 aromatic carbocycles. The van der Waals surface area contributed by atoms with Crippen LogP contribution in [-0.4, -0.2) is 51.6 Å². The number of hydrogen-bond donors (Lipinski definition) is 2. The summed E-state index contributed by atoms with van der Waals surface area (Å²) in [5.74, 6) is 0.436. The Morgan fingerprint density at radius 1 is 1.09 bits per heavy atom. The van der Waals surface area contributed by atoms with Crippen LogP contribution in [0, 0.1) is 6.92 Å². The summed E-state index contributed by atoms with van der Waals surface area (Å²) in [6.07, 6.45) is -2.02. The number of nitrogens with zero attached hydrogens (tertiary/aromatic N) is 4. The van der Waals surface area contributed by atoms with Crippen molar-refractivity contribution in [2.45, 2.75) is 13.1 Å². The molecule has 1 saturated heterocycles. The lowest BCUT2D eigenvalue weighted by Gasteiger charge is -2.35. The largest absolute Gasteiger partial charge is 0.417 e. The molecule has 4 rings (SSSR count). The van der Waals surface area contributed by atoms with E-state index in [9.17, 15) is 22.8 Å². The van der Waals surface area contributed by atoms with Crippen molar-refractivity contribution >= 4 is 17.5 Å². The zero-order valence-corrected chi connectivity index (χ0v) is 17.2. The Balaban J connectivity index is 1.41. The highest BCUT2D eigenvalue weighted by Gasteiger charge is 2.31. The van der Waals surface area contributed by atoms with Crippen LogP contribution in [0.15, 0.2) is 53.6 Å². The summed E-state index contributed by atoms with van der Waals surface area (Å²) >= 11 is 0. The number of aryl methyl sites for hydroxylation is 1. The SMILES string of the molecule is Cc1c[nH]c(=O)n1-c1ccccc1NC(=O)N1CCN(c2ccc(C(F)(F)F)cn2)CC1. The molecule has 0 unspecified atom stereocenters. The number of piperazine rings is 1. The second-order valence-corrected chi connectivity index (χ2v) is 7.39. The number of halogens is 3. The lowest BCUT2D eigenvalue weighted by atomic mass is 10.2. The highest BCUT2D eigenvalue weighted by molar-refractivity contribution is 5.91. The Morgan fingerprint density at radius 3 is 2.41 bits per heavy atom. The summed E-state index contributed by atoms with van der Waals surface area (Å²) in [5, 5.41) is 2.86. The predicted octanol–water partition coefficient (Wildman–Crippen LogP) is 3.24. The van der Waals surface area contributed by atoms with Gasteiger partial charge in [0.1, 0.15) is 5.82 Å². The number of alkyl halides is 3. The zero-order valence-electron chi connectivity index (χ0n) is 17.2. The number of urea groups is 1. The summed E-state index contributed by atoms with van der Waals surface area (Å²) in [6.45, 7) is 3.40. The number of H-pyrrole nitrogens is 1. The zero-order chi connectivity index (χ0) is 22.9. The average Bonchev–Trinajstić information content (AvgIpc) is 3.11. The second kappa shape index (κ2) is 8.40. The molecule has 8 nitrogen and oxygen atoms in total. The third-order valence-electron chi connectivity index (χ3n) is 5.31. The number of nitrogens with one attached hydrogen (secondary N) is 2. The fourth-order valence-corrected chi connectivity index (χ4v) is 3.60. The van der Waals surface area contributed by atoms with E-state index in [4.69, 9.17) is 0 Å². The van der Waals surface area contributed by atoms with Crippen molar-refractivity contribution in [3.8, 4) is 5.69 Å². The molecular weight excluding hydrogens is 425 g/mol. The molecule has 168 valence electrons. The topological polar surface area (TPSA) is 86.3 Å². The predicted molar refractivity (Wildman–Crippen MR) is 113 cm³/mol. The first-order valence-electron chi connectivity index (χ1n) is 9.94. The number of carbonyl (C=O) groups excluding carboxylic acids is 1. The number of para-hydroxylation sites is 2. The Kier molecular flexibility index (Phi) is 5.64. The van der Waals surface area contributed by atoms with Crippen molar-refractivity contribution in [2.75, 3.05) is 36.4 Å². The Hall–Kier alpha value is -3.76. The first-order chi connectivity index (χ1) is 15.2. The number of aromatic amines is 1. The van der Waals surface area contributed by atoms with Gasteiger partial charge in [-0.25, -0.2) is 14.6 Å². The van der Waals surface area contributed by atoms with E-state index >= 15 is 0 Å². The number of amides is 2. The van der Waals surface area contributed by atoms with E-state index in [1.165, 1.54) is 10.6 Å². The number of imidazole rings is 1. The number of pyridine rings is 1. The Labute approximate surface area is 181 Å². The summed E-state index contributed by atoms with van der Waals surface area (Å²) in [5.41, 5.74) is 0.650. The molecule has 1 aliphatic rings. The van der Waals surface area contributed by atoms with Gasteiger partial charge in [0.25, 0.3) is 0 Å². The molecule has 3 heterocycles. The summed E-state index contributed by atoms with van der Waals surface area (Å²) in [7, 11) is 0. The third-order valence-corrected chi connectivity index (χ3v) is 5.31. The molecule has 0 radical (unpaired) electrons. The first kappa shape index (κ1) is 21.5. The molecule has 2 aromatic heterocycles. The lowest BCUT2D eigenvalue weighted by molar-refractivity contribution is -0.137. The summed E-state index contributed by atoms with van der Waals surface area (Å²) in [6, 6.07) is 9.02. The van der Waals surface area contributed by atoms with Crippen LogP contribution in [0.3, 0.4) is 0 Å². The molecule has 2 N–H and O–H groups in total. The number of rotatable bonds is 3. The summed E-state index contributed by atoms with van der Waals surface area (Å²) in [4.78, 5) is 34.9. The van der Waals surface area contributed by atoms with Crippen molar-refractivity contribution < 1.29 is 18.0 Å². The van der Waals surface area contributed by atoms with Gasteiger partial charge in [-0.15, -0.1) is 0 Å². The molecule has 11 heteroatoms. The van der Waals surface area contributed by atoms with Gasteiger partial charge < -0.3 is 20.1 Å². The third kappa shape index (κ3) is 4.32. The van der Waals surface area contributed by atoms with Gasteiger partial charge in [-0.3, -0.25) is 4.57 Å². The maximum absolute atomic E-state index is 12.8. The van der Waals surface area contributed by atoms with Crippen LogP contribution >= 0.6 is 0 Å². The van der Waals surface area contributed by atoms with Crippen molar-refractivity contribution in [3.63, 3.8) is 0 Å². The van der Waals surface area contributed by atoms with Gasteiger partial charge in [0.2, 0.25) is 0 Å². The van der Waals surface area contributed by atoms with E-state index in [-0.39, 0.29) is 11.7 Å². The minimum atomic E-state index is -4.43. The van der Waals surface area contributed by atoms with E-state index < -0.39 is 11.7 Å². The monoisotopic (exact) mass is 446 g/mol. The van der Waals surface area contributed by atoms with Crippen LogP contribution < -0.4 is 15.9 Å². The Morgan fingerprint density at radius 2 is 1.81 bits per heavy atom. The second-order valence-electron chi connectivity index (χ2n) is 7.39. The van der Waals surface area contributed by atoms with Gasteiger partial charge >= 0.3 is 17.9 Å². The maximum Gasteiger partial charge on any atom is 0.417 e. The quantitative estimate of drug-likeness (QED) is 0.647. The van der Waals surface area contributed by atoms with Gasteiger partial charge in [0.05, 0.1) is 16.9 Å². The molecule has 0 aliphatic carbocycles. The summed E-state index contributed by atoms with van der Waals surface area (Å²) < 4.78 is 39.6. The van der Waals surface area contributed by atoms with Crippen molar-refractivity contribution in [1.29, 1.82) is 0 Å². The first-order valence-corrected chi connectivity index (χ1v) is 9.94. The molecule has 0 saturated carbocycles. The van der Waals surface area contributed by atoms with Gasteiger partial charge in [0.15, 0.2) is 0 Å². The van der Waals surface area contributed by atoms with E-state index in [1.807, 2.05) is 4.90 Å². The number of carbonyl (C=O) groups is 1. The normalized spacial score (nSPS) is 14.5. The minimum Gasteiger partial charge on any atom is -0.353 e. The van der Waals surface area contributed by atoms with Gasteiger partial charge in [-0.1, -0.05) is 12.1 Å². The van der Waals surface area contributed by atoms with Crippen LogP contribution in [0.1, 0.15) is 11.3 Å². The smallest absolute Gasteiger partial charge is 0.353 e. The van der Waals surface area contributed by atoms with E-state index in [0.29, 0.717) is 49.1 Å². The molecule has 2 amide bonds. The Bertz CT molecular complexity index is 1160. The molecule has 0 bridgehead atoms. The lowest BCUT2D eigenvalue weighted by Crippen LogP contribution is -2.50. The maximum atomic E-state index is 12.8. The molecule has 32 heavy (non-hydrogen) atoms. The van der Waals surface area contributed by atoms with Crippen molar-refractivity contribution in [3.05, 3.63) is 70.5 Å². The highest BCUT2D eigenvalue weighted by Crippen LogP contribution is 2.29. The van der Waals surface area contributed by atoms with Crippen molar-refractivity contribution in [2.24, 2.45) is 0 Å². The van der Waals surface area contributed by atoms with Gasteiger partial charge in [-0.05, 0) is 31.2 Å². The highest BCUT2D eigenvalue weighted by atomic mass is 19.4. The molecular formula is C21H21F3N6O2.